The number of nitrogens with zero attached hydrogens (tertiary/aromatic N) is 2. The summed E-state index contributed by atoms with van der Waals surface area (Å²) in [5.41, 5.74) is 0. The number of unbranched alkanes of at least 4 members (excludes halogenated alkanes) is 3. The summed E-state index contributed by atoms with van der Waals surface area (Å²) in [6.07, 6.45) is 6.89. The Hall–Kier alpha value is -0.0800. The average molecular weight is 230 g/mol. The Morgan fingerprint density at radius 1 is 0.625 bits per heavy atom. The van der Waals surface area contributed by atoms with Gasteiger partial charge in [0, 0.05) is 6.42 Å². The third-order valence-corrected chi connectivity index (χ3v) is 3.21. The van der Waals surface area contributed by atoms with Gasteiger partial charge in [-0.1, -0.05) is 19.8 Å². The first-order valence-electron chi connectivity index (χ1n) is 6.89. The molecular formula is C14H34N2+2. The minimum atomic E-state index is 1.09. The maximum Gasteiger partial charge on any atom is 0.0836 e. The van der Waals surface area contributed by atoms with Gasteiger partial charge in [-0.05, 0) is 12.8 Å². The Bertz CT molecular complexity index is 168. The minimum absolute atomic E-state index is 1.09. The largest absolute Gasteiger partial charge is 0.331 e. The molecule has 0 N–H and O–H groups in total. The smallest absolute Gasteiger partial charge is 0.0836 e. The Labute approximate surface area is 103 Å². The zero-order chi connectivity index (χ0) is 12.7. The Balaban J connectivity index is 3.62. The van der Waals surface area contributed by atoms with Crippen LogP contribution in [0.5, 0.6) is 0 Å². The van der Waals surface area contributed by atoms with E-state index in [4.69, 9.17) is 0 Å². The van der Waals surface area contributed by atoms with Crippen molar-refractivity contribution in [2.75, 3.05) is 54.9 Å². The molecule has 0 unspecified atom stereocenters. The van der Waals surface area contributed by atoms with Crippen LogP contribution < -0.4 is 0 Å². The lowest BCUT2D eigenvalue weighted by Crippen LogP contribution is -2.44. The van der Waals surface area contributed by atoms with Crippen LogP contribution in [0, 0.1) is 0 Å². The van der Waals surface area contributed by atoms with Crippen LogP contribution >= 0.6 is 0 Å². The molecule has 0 aliphatic carbocycles. The van der Waals surface area contributed by atoms with Crippen LogP contribution in [0.15, 0.2) is 0 Å². The normalized spacial score (nSPS) is 13.1. The van der Waals surface area contributed by atoms with E-state index in [1.807, 2.05) is 0 Å². The minimum Gasteiger partial charge on any atom is -0.331 e. The van der Waals surface area contributed by atoms with Gasteiger partial charge in [0.2, 0.25) is 0 Å². The van der Waals surface area contributed by atoms with Gasteiger partial charge in [0.1, 0.15) is 0 Å². The van der Waals surface area contributed by atoms with Gasteiger partial charge in [0.25, 0.3) is 0 Å². The van der Waals surface area contributed by atoms with E-state index >= 15 is 0 Å². The molecule has 0 bridgehead atoms. The molecule has 0 saturated heterocycles. The molecule has 0 fully saturated rings. The second-order valence-corrected chi connectivity index (χ2v) is 6.81. The van der Waals surface area contributed by atoms with Gasteiger partial charge in [-0.15, -0.1) is 0 Å². The van der Waals surface area contributed by atoms with Gasteiger partial charge in [-0.2, -0.15) is 0 Å². The summed E-state index contributed by atoms with van der Waals surface area (Å²) in [5, 5.41) is 0. The first kappa shape index (κ1) is 15.9. The maximum absolute atomic E-state index is 2.38. The standard InChI is InChI=1S/C14H34N2/c1-7-8-9-10-13-16(5,6)14-11-12-15(2,3)4/h7-14H2,1-6H3/q+2. The van der Waals surface area contributed by atoms with Crippen molar-refractivity contribution >= 4 is 0 Å². The molecule has 2 heteroatoms. The highest BCUT2D eigenvalue weighted by molar-refractivity contribution is 4.42. The zero-order valence-corrected chi connectivity index (χ0v) is 12.6. The number of rotatable bonds is 9. The summed E-state index contributed by atoms with van der Waals surface area (Å²) in [4.78, 5) is 0. The molecule has 0 aromatic carbocycles. The summed E-state index contributed by atoms with van der Waals surface area (Å²) in [7, 11) is 11.6. The predicted octanol–water partition coefficient (Wildman–Crippen LogP) is 2.74. The van der Waals surface area contributed by atoms with E-state index < -0.39 is 0 Å². The van der Waals surface area contributed by atoms with E-state index in [2.05, 4.69) is 42.2 Å². The molecule has 98 valence electrons. The quantitative estimate of drug-likeness (QED) is 0.422. The lowest BCUT2D eigenvalue weighted by Gasteiger charge is -2.31. The Kier molecular flexibility index (Phi) is 7.25. The van der Waals surface area contributed by atoms with Crippen LogP contribution in [0.25, 0.3) is 0 Å². The molecule has 0 amide bonds. The summed E-state index contributed by atoms with van der Waals surface area (Å²) in [6.45, 7) is 6.23. The molecule has 0 spiro atoms. The lowest BCUT2D eigenvalue weighted by atomic mass is 10.2. The van der Waals surface area contributed by atoms with Gasteiger partial charge in [0.15, 0.2) is 0 Å². The summed E-state index contributed by atoms with van der Waals surface area (Å²) in [6, 6.07) is 0. The fourth-order valence-electron chi connectivity index (χ4n) is 2.05. The van der Waals surface area contributed by atoms with Crippen LogP contribution in [0.2, 0.25) is 0 Å². The third kappa shape index (κ3) is 10.4. The first-order valence-corrected chi connectivity index (χ1v) is 6.89. The van der Waals surface area contributed by atoms with E-state index in [9.17, 15) is 0 Å². The van der Waals surface area contributed by atoms with Crippen molar-refractivity contribution in [3.05, 3.63) is 0 Å². The van der Waals surface area contributed by atoms with Crippen LogP contribution in [0.3, 0.4) is 0 Å². The van der Waals surface area contributed by atoms with Crippen molar-refractivity contribution in [2.45, 2.75) is 39.0 Å². The van der Waals surface area contributed by atoms with E-state index in [-0.39, 0.29) is 0 Å². The molecule has 16 heavy (non-hydrogen) atoms. The highest BCUT2D eigenvalue weighted by Gasteiger charge is 2.16. The van der Waals surface area contributed by atoms with Crippen molar-refractivity contribution in [1.82, 2.24) is 0 Å². The highest BCUT2D eigenvalue weighted by Crippen LogP contribution is 2.07. The van der Waals surface area contributed by atoms with Crippen LogP contribution in [0.4, 0.5) is 0 Å². The summed E-state index contributed by atoms with van der Waals surface area (Å²) in [5.74, 6) is 0. The van der Waals surface area contributed by atoms with Crippen molar-refractivity contribution in [3.63, 3.8) is 0 Å². The molecule has 0 aromatic rings. The van der Waals surface area contributed by atoms with Crippen LogP contribution in [-0.4, -0.2) is 63.8 Å². The number of hydrogen-bond donors (Lipinski definition) is 0. The lowest BCUT2D eigenvalue weighted by molar-refractivity contribution is -0.902. The maximum atomic E-state index is 2.38. The van der Waals surface area contributed by atoms with Gasteiger partial charge < -0.3 is 8.97 Å². The fourth-order valence-corrected chi connectivity index (χ4v) is 2.05. The molecule has 0 saturated carbocycles. The zero-order valence-electron chi connectivity index (χ0n) is 12.6. The molecule has 0 aliphatic rings. The van der Waals surface area contributed by atoms with Crippen molar-refractivity contribution in [1.29, 1.82) is 0 Å². The van der Waals surface area contributed by atoms with Crippen molar-refractivity contribution in [2.24, 2.45) is 0 Å². The molecule has 0 aliphatic heterocycles. The SMILES string of the molecule is CCCCCC[N+](C)(C)CCC[N+](C)(C)C. The Morgan fingerprint density at radius 2 is 1.19 bits per heavy atom. The molecule has 0 rings (SSSR count). The second-order valence-electron chi connectivity index (χ2n) is 6.81. The van der Waals surface area contributed by atoms with E-state index in [1.54, 1.807) is 0 Å². The van der Waals surface area contributed by atoms with E-state index in [0.717, 1.165) is 4.48 Å². The Morgan fingerprint density at radius 3 is 1.69 bits per heavy atom. The highest BCUT2D eigenvalue weighted by atomic mass is 15.3. The van der Waals surface area contributed by atoms with Crippen LogP contribution in [0.1, 0.15) is 39.0 Å². The number of hydrogen-bond acceptors (Lipinski definition) is 0. The van der Waals surface area contributed by atoms with Crippen LogP contribution in [-0.2, 0) is 0 Å². The predicted molar refractivity (Wildman–Crippen MR) is 73.5 cm³/mol. The molecule has 0 aromatic heterocycles. The van der Waals surface area contributed by atoms with Gasteiger partial charge in [-0.25, -0.2) is 0 Å². The third-order valence-electron chi connectivity index (χ3n) is 3.21. The molecule has 2 nitrogen and oxygen atoms in total. The average Bonchev–Trinajstić information content (AvgIpc) is 2.10. The van der Waals surface area contributed by atoms with Gasteiger partial charge in [-0.3, -0.25) is 0 Å². The van der Waals surface area contributed by atoms with E-state index in [1.165, 1.54) is 56.2 Å². The molecule has 0 heterocycles. The molecule has 0 atom stereocenters. The van der Waals surface area contributed by atoms with Gasteiger partial charge >= 0.3 is 0 Å². The molecule has 0 radical (unpaired) electrons. The number of quaternary nitrogens is 2. The fraction of sp³-hybridized carbons (Fsp3) is 1.00. The first-order chi connectivity index (χ1) is 7.27. The topological polar surface area (TPSA) is 0 Å². The van der Waals surface area contributed by atoms with Crippen molar-refractivity contribution < 1.29 is 8.97 Å². The molecular weight excluding hydrogens is 196 g/mol. The van der Waals surface area contributed by atoms with Crippen molar-refractivity contribution in [3.8, 4) is 0 Å². The van der Waals surface area contributed by atoms with E-state index in [0.29, 0.717) is 0 Å². The van der Waals surface area contributed by atoms with Gasteiger partial charge in [0.05, 0.1) is 54.9 Å². The second kappa shape index (κ2) is 7.29. The summed E-state index contributed by atoms with van der Waals surface area (Å²) < 4.78 is 2.29. The summed E-state index contributed by atoms with van der Waals surface area (Å²) >= 11 is 0. The monoisotopic (exact) mass is 230 g/mol.